The first-order valence-corrected chi connectivity index (χ1v) is 6.73. The van der Waals surface area contributed by atoms with E-state index in [4.69, 9.17) is 10.5 Å². The average molecular weight is 300 g/mol. The van der Waals surface area contributed by atoms with Gasteiger partial charge in [0.15, 0.2) is 11.5 Å². The molecule has 108 valence electrons. The SMILES string of the molecule is COc1ccc(-c2nc(C(C)N)cs2)cc1OC(F)F. The van der Waals surface area contributed by atoms with E-state index in [1.807, 2.05) is 12.3 Å². The van der Waals surface area contributed by atoms with Crippen molar-refractivity contribution in [3.8, 4) is 22.1 Å². The summed E-state index contributed by atoms with van der Waals surface area (Å²) in [5, 5.41) is 2.54. The fourth-order valence-corrected chi connectivity index (χ4v) is 2.55. The number of thiazole rings is 1. The highest BCUT2D eigenvalue weighted by atomic mass is 32.1. The lowest BCUT2D eigenvalue weighted by Crippen LogP contribution is -2.05. The number of rotatable bonds is 5. The van der Waals surface area contributed by atoms with E-state index in [1.165, 1.54) is 24.5 Å². The maximum atomic E-state index is 12.4. The van der Waals surface area contributed by atoms with Gasteiger partial charge in [0.25, 0.3) is 0 Å². The van der Waals surface area contributed by atoms with E-state index in [0.717, 1.165) is 5.69 Å². The molecule has 2 aromatic rings. The number of nitrogens with zero attached hydrogens (tertiary/aromatic N) is 1. The molecule has 2 rings (SSSR count). The van der Waals surface area contributed by atoms with Crippen LogP contribution in [0.2, 0.25) is 0 Å². The van der Waals surface area contributed by atoms with Crippen LogP contribution in [0.15, 0.2) is 23.6 Å². The van der Waals surface area contributed by atoms with Gasteiger partial charge < -0.3 is 15.2 Å². The van der Waals surface area contributed by atoms with Gasteiger partial charge in [-0.15, -0.1) is 11.3 Å². The van der Waals surface area contributed by atoms with Crippen LogP contribution in [0, 0.1) is 0 Å². The van der Waals surface area contributed by atoms with E-state index < -0.39 is 6.61 Å². The standard InChI is InChI=1S/C13H14F2N2O2S/c1-7(16)9-6-20-12(17-9)8-3-4-10(18-2)11(5-8)19-13(14)15/h3-7,13H,16H2,1-2H3. The van der Waals surface area contributed by atoms with Gasteiger partial charge in [0.05, 0.1) is 12.8 Å². The fraction of sp³-hybridized carbons (Fsp3) is 0.308. The Morgan fingerprint density at radius 3 is 2.60 bits per heavy atom. The summed E-state index contributed by atoms with van der Waals surface area (Å²) in [5.74, 6) is 0.232. The predicted molar refractivity (Wildman–Crippen MR) is 73.3 cm³/mol. The fourth-order valence-electron chi connectivity index (χ4n) is 1.63. The number of benzene rings is 1. The van der Waals surface area contributed by atoms with Crippen LogP contribution in [0.3, 0.4) is 0 Å². The number of aromatic nitrogens is 1. The van der Waals surface area contributed by atoms with Crippen molar-refractivity contribution >= 4 is 11.3 Å². The second-order valence-electron chi connectivity index (χ2n) is 4.11. The van der Waals surface area contributed by atoms with Gasteiger partial charge in [-0.3, -0.25) is 0 Å². The summed E-state index contributed by atoms with van der Waals surface area (Å²) in [5.41, 5.74) is 7.19. The number of nitrogens with two attached hydrogens (primary N) is 1. The molecule has 4 nitrogen and oxygen atoms in total. The molecule has 1 aromatic carbocycles. The van der Waals surface area contributed by atoms with Crippen molar-refractivity contribution in [3.05, 3.63) is 29.3 Å². The van der Waals surface area contributed by atoms with Gasteiger partial charge in [-0.1, -0.05) is 0 Å². The van der Waals surface area contributed by atoms with Crippen LogP contribution in [0.1, 0.15) is 18.7 Å². The molecule has 7 heteroatoms. The van der Waals surface area contributed by atoms with E-state index in [2.05, 4.69) is 9.72 Å². The smallest absolute Gasteiger partial charge is 0.387 e. The molecule has 0 saturated heterocycles. The molecule has 0 amide bonds. The van der Waals surface area contributed by atoms with Crippen molar-refractivity contribution in [1.82, 2.24) is 4.98 Å². The first-order valence-electron chi connectivity index (χ1n) is 5.85. The van der Waals surface area contributed by atoms with Crippen molar-refractivity contribution < 1.29 is 18.3 Å². The third kappa shape index (κ3) is 3.23. The molecule has 0 radical (unpaired) electrons. The first-order chi connectivity index (χ1) is 9.51. The molecule has 0 aliphatic carbocycles. The Kier molecular flexibility index (Phi) is 4.51. The molecule has 0 spiro atoms. The molecule has 1 heterocycles. The summed E-state index contributed by atoms with van der Waals surface area (Å²) >= 11 is 1.40. The number of alkyl halides is 2. The molecule has 0 aliphatic heterocycles. The summed E-state index contributed by atoms with van der Waals surface area (Å²) in [6.45, 7) is -1.08. The monoisotopic (exact) mass is 300 g/mol. The highest BCUT2D eigenvalue weighted by molar-refractivity contribution is 7.13. The van der Waals surface area contributed by atoms with Gasteiger partial charge in [-0.2, -0.15) is 8.78 Å². The maximum absolute atomic E-state index is 12.4. The Bertz CT molecular complexity index is 588. The molecule has 2 N–H and O–H groups in total. The lowest BCUT2D eigenvalue weighted by Gasteiger charge is -2.10. The Morgan fingerprint density at radius 1 is 1.30 bits per heavy atom. The largest absolute Gasteiger partial charge is 0.493 e. The summed E-state index contributed by atoms with van der Waals surface area (Å²) in [7, 11) is 1.39. The van der Waals surface area contributed by atoms with E-state index in [1.54, 1.807) is 12.1 Å². The molecule has 20 heavy (non-hydrogen) atoms. The lowest BCUT2D eigenvalue weighted by molar-refractivity contribution is -0.0511. The summed E-state index contributed by atoms with van der Waals surface area (Å²) in [6.07, 6.45) is 0. The molecular formula is C13H14F2N2O2S. The summed E-state index contributed by atoms with van der Waals surface area (Å²) in [6, 6.07) is 4.62. The van der Waals surface area contributed by atoms with Crippen molar-refractivity contribution in [1.29, 1.82) is 0 Å². The van der Waals surface area contributed by atoms with E-state index in [9.17, 15) is 8.78 Å². The van der Waals surface area contributed by atoms with Gasteiger partial charge in [0.1, 0.15) is 5.01 Å². The average Bonchev–Trinajstić information content (AvgIpc) is 2.87. The molecule has 1 atom stereocenters. The minimum absolute atomic E-state index is 0.0162. The van der Waals surface area contributed by atoms with Crippen molar-refractivity contribution in [2.45, 2.75) is 19.6 Å². The van der Waals surface area contributed by atoms with Crippen LogP contribution >= 0.6 is 11.3 Å². The highest BCUT2D eigenvalue weighted by Crippen LogP contribution is 2.35. The van der Waals surface area contributed by atoms with Crippen LogP contribution in [0.5, 0.6) is 11.5 Å². The Hall–Kier alpha value is -1.73. The zero-order valence-electron chi connectivity index (χ0n) is 11.0. The summed E-state index contributed by atoms with van der Waals surface area (Å²) < 4.78 is 34.2. The zero-order chi connectivity index (χ0) is 14.7. The van der Waals surface area contributed by atoms with Crippen molar-refractivity contribution in [2.75, 3.05) is 7.11 Å². The van der Waals surface area contributed by atoms with Gasteiger partial charge >= 0.3 is 6.61 Å². The molecule has 0 aliphatic rings. The molecule has 0 saturated carbocycles. The normalized spacial score (nSPS) is 12.5. The number of methoxy groups -OCH3 is 1. The molecule has 0 fully saturated rings. The predicted octanol–water partition coefficient (Wildman–Crippen LogP) is 3.44. The Morgan fingerprint density at radius 2 is 2.05 bits per heavy atom. The van der Waals surface area contributed by atoms with E-state index >= 15 is 0 Å². The van der Waals surface area contributed by atoms with Gasteiger partial charge in [-0.05, 0) is 25.1 Å². The topological polar surface area (TPSA) is 57.4 Å². The van der Waals surface area contributed by atoms with Gasteiger partial charge in [0, 0.05) is 17.0 Å². The molecule has 1 unspecified atom stereocenters. The minimum Gasteiger partial charge on any atom is -0.493 e. The second kappa shape index (κ2) is 6.15. The van der Waals surface area contributed by atoms with Crippen LogP contribution in [0.4, 0.5) is 8.78 Å². The molecule has 0 bridgehead atoms. The molecule has 1 aromatic heterocycles. The number of hydrogen-bond acceptors (Lipinski definition) is 5. The Balaban J connectivity index is 2.36. The van der Waals surface area contributed by atoms with Crippen LogP contribution in [-0.2, 0) is 0 Å². The maximum Gasteiger partial charge on any atom is 0.387 e. The number of hydrogen-bond donors (Lipinski definition) is 1. The Labute approximate surface area is 119 Å². The minimum atomic E-state index is -2.91. The van der Waals surface area contributed by atoms with Gasteiger partial charge in [0.2, 0.25) is 0 Å². The number of ether oxygens (including phenoxy) is 2. The first kappa shape index (κ1) is 14.7. The van der Waals surface area contributed by atoms with Crippen LogP contribution < -0.4 is 15.2 Å². The number of halogens is 2. The van der Waals surface area contributed by atoms with E-state index in [0.29, 0.717) is 10.6 Å². The summed E-state index contributed by atoms with van der Waals surface area (Å²) in [4.78, 5) is 4.37. The van der Waals surface area contributed by atoms with Gasteiger partial charge in [-0.25, -0.2) is 4.98 Å². The third-order valence-electron chi connectivity index (χ3n) is 2.62. The lowest BCUT2D eigenvalue weighted by atomic mass is 10.2. The van der Waals surface area contributed by atoms with Crippen LogP contribution in [0.25, 0.3) is 10.6 Å². The third-order valence-corrected chi connectivity index (χ3v) is 3.52. The highest BCUT2D eigenvalue weighted by Gasteiger charge is 2.14. The van der Waals surface area contributed by atoms with Crippen molar-refractivity contribution in [2.24, 2.45) is 5.73 Å². The van der Waals surface area contributed by atoms with E-state index in [-0.39, 0.29) is 17.5 Å². The zero-order valence-corrected chi connectivity index (χ0v) is 11.8. The molecular weight excluding hydrogens is 286 g/mol. The second-order valence-corrected chi connectivity index (χ2v) is 4.97. The van der Waals surface area contributed by atoms with Crippen LogP contribution in [-0.4, -0.2) is 18.7 Å². The quantitative estimate of drug-likeness (QED) is 0.919. The van der Waals surface area contributed by atoms with Crippen molar-refractivity contribution in [3.63, 3.8) is 0 Å².